The van der Waals surface area contributed by atoms with E-state index < -0.39 is 5.97 Å². The van der Waals surface area contributed by atoms with Crippen molar-refractivity contribution in [3.8, 4) is 0 Å². The third kappa shape index (κ3) is 4.77. The molecule has 0 saturated heterocycles. The summed E-state index contributed by atoms with van der Waals surface area (Å²) in [6.07, 6.45) is -0.210. The van der Waals surface area contributed by atoms with Gasteiger partial charge < -0.3 is 15.2 Å². The fraction of sp³-hybridized carbons (Fsp3) is 0.429. The van der Waals surface area contributed by atoms with E-state index in [-0.39, 0.29) is 17.8 Å². The Morgan fingerprint density at radius 1 is 1.35 bits per heavy atom. The first kappa shape index (κ1) is 16.4. The molecular formula is C14H19NO4S. The van der Waals surface area contributed by atoms with Gasteiger partial charge in [-0.2, -0.15) is 0 Å². The van der Waals surface area contributed by atoms with Crippen molar-refractivity contribution < 1.29 is 19.1 Å². The molecule has 0 aromatic heterocycles. The van der Waals surface area contributed by atoms with E-state index in [2.05, 4.69) is 4.74 Å². The SMILES string of the molecule is COC(=O)CSCc1cccc(N)c1C(=O)OC(C)C. The molecule has 0 bridgehead atoms. The highest BCUT2D eigenvalue weighted by molar-refractivity contribution is 7.99. The summed E-state index contributed by atoms with van der Waals surface area (Å²) in [5.41, 5.74) is 7.36. The number of carbonyl (C=O) groups excluding carboxylic acids is 2. The van der Waals surface area contributed by atoms with Crippen molar-refractivity contribution in [2.24, 2.45) is 0 Å². The number of benzene rings is 1. The van der Waals surface area contributed by atoms with E-state index in [0.29, 0.717) is 17.0 Å². The zero-order valence-electron chi connectivity index (χ0n) is 11.8. The average molecular weight is 297 g/mol. The molecule has 110 valence electrons. The molecule has 0 aliphatic rings. The van der Waals surface area contributed by atoms with Gasteiger partial charge in [0, 0.05) is 11.4 Å². The van der Waals surface area contributed by atoms with Crippen molar-refractivity contribution >= 4 is 29.4 Å². The van der Waals surface area contributed by atoms with Crippen molar-refractivity contribution in [2.45, 2.75) is 25.7 Å². The molecule has 1 aromatic rings. The van der Waals surface area contributed by atoms with Crippen LogP contribution in [-0.4, -0.2) is 30.9 Å². The molecule has 2 N–H and O–H groups in total. The number of anilines is 1. The number of rotatable bonds is 6. The van der Waals surface area contributed by atoms with Crippen LogP contribution in [0.1, 0.15) is 29.8 Å². The van der Waals surface area contributed by atoms with Gasteiger partial charge in [0.05, 0.1) is 24.5 Å². The highest BCUT2D eigenvalue weighted by Gasteiger charge is 2.17. The minimum atomic E-state index is -0.438. The summed E-state index contributed by atoms with van der Waals surface area (Å²) in [5.74, 6) is -0.0240. The molecule has 0 radical (unpaired) electrons. The van der Waals surface area contributed by atoms with Gasteiger partial charge in [-0.15, -0.1) is 11.8 Å². The van der Waals surface area contributed by atoms with Gasteiger partial charge in [0.15, 0.2) is 0 Å². The number of hydrogen-bond donors (Lipinski definition) is 1. The van der Waals surface area contributed by atoms with Crippen LogP contribution in [0.3, 0.4) is 0 Å². The van der Waals surface area contributed by atoms with E-state index in [1.165, 1.54) is 18.9 Å². The Kier molecular flexibility index (Phi) is 6.38. The lowest BCUT2D eigenvalue weighted by Crippen LogP contribution is -2.15. The second-order valence-electron chi connectivity index (χ2n) is 4.40. The van der Waals surface area contributed by atoms with Gasteiger partial charge >= 0.3 is 11.9 Å². The smallest absolute Gasteiger partial charge is 0.340 e. The van der Waals surface area contributed by atoms with E-state index >= 15 is 0 Å². The van der Waals surface area contributed by atoms with Crippen molar-refractivity contribution in [3.63, 3.8) is 0 Å². The van der Waals surface area contributed by atoms with Crippen LogP contribution in [0.5, 0.6) is 0 Å². The number of thioether (sulfide) groups is 1. The quantitative estimate of drug-likeness (QED) is 0.641. The summed E-state index contributed by atoms with van der Waals surface area (Å²) in [7, 11) is 1.34. The highest BCUT2D eigenvalue weighted by Crippen LogP contribution is 2.23. The van der Waals surface area contributed by atoms with Crippen LogP contribution in [-0.2, 0) is 20.0 Å². The summed E-state index contributed by atoms with van der Waals surface area (Å²) in [5, 5.41) is 0. The first-order valence-corrected chi connectivity index (χ1v) is 7.34. The minimum absolute atomic E-state index is 0.210. The van der Waals surface area contributed by atoms with E-state index in [4.69, 9.17) is 10.5 Å². The van der Waals surface area contributed by atoms with E-state index in [1.807, 2.05) is 0 Å². The largest absolute Gasteiger partial charge is 0.468 e. The number of carbonyl (C=O) groups is 2. The number of nitrogen functional groups attached to an aromatic ring is 1. The lowest BCUT2D eigenvalue weighted by molar-refractivity contribution is -0.137. The van der Waals surface area contributed by atoms with Gasteiger partial charge in [0.1, 0.15) is 0 Å². The maximum Gasteiger partial charge on any atom is 0.340 e. The van der Waals surface area contributed by atoms with Gasteiger partial charge in [-0.05, 0) is 25.5 Å². The van der Waals surface area contributed by atoms with Crippen LogP contribution >= 0.6 is 11.8 Å². The standard InChI is InChI=1S/C14H19NO4S/c1-9(2)19-14(17)13-10(5-4-6-11(13)15)7-20-8-12(16)18-3/h4-6,9H,7-8,15H2,1-3H3. The van der Waals surface area contributed by atoms with Crippen molar-refractivity contribution in [3.05, 3.63) is 29.3 Å². The van der Waals surface area contributed by atoms with Gasteiger partial charge in [-0.1, -0.05) is 12.1 Å². The summed E-state index contributed by atoms with van der Waals surface area (Å²) in [4.78, 5) is 23.1. The Labute approximate surface area is 122 Å². The number of esters is 2. The summed E-state index contributed by atoms with van der Waals surface area (Å²) in [6.45, 7) is 3.56. The fourth-order valence-electron chi connectivity index (χ4n) is 1.57. The summed E-state index contributed by atoms with van der Waals surface area (Å²) >= 11 is 1.36. The van der Waals surface area contributed by atoms with Crippen molar-refractivity contribution in [1.82, 2.24) is 0 Å². The second kappa shape index (κ2) is 7.79. The monoisotopic (exact) mass is 297 g/mol. The first-order valence-electron chi connectivity index (χ1n) is 6.18. The summed E-state index contributed by atoms with van der Waals surface area (Å²) < 4.78 is 9.75. The van der Waals surface area contributed by atoms with E-state index in [9.17, 15) is 9.59 Å². The summed E-state index contributed by atoms with van der Waals surface area (Å²) in [6, 6.07) is 5.23. The molecule has 6 heteroatoms. The molecule has 1 aromatic carbocycles. The molecule has 0 heterocycles. The lowest BCUT2D eigenvalue weighted by Gasteiger charge is -2.13. The van der Waals surface area contributed by atoms with Crippen LogP contribution < -0.4 is 5.73 Å². The molecule has 0 aliphatic heterocycles. The molecule has 0 unspecified atom stereocenters. The molecule has 5 nitrogen and oxygen atoms in total. The molecule has 0 aliphatic carbocycles. The Balaban J connectivity index is 2.82. The van der Waals surface area contributed by atoms with Crippen LogP contribution in [0.25, 0.3) is 0 Å². The van der Waals surface area contributed by atoms with Gasteiger partial charge in [0.2, 0.25) is 0 Å². The maximum atomic E-state index is 12.0. The Morgan fingerprint density at radius 3 is 2.65 bits per heavy atom. The molecule has 0 amide bonds. The third-order valence-corrected chi connectivity index (χ3v) is 3.39. The number of hydrogen-bond acceptors (Lipinski definition) is 6. The maximum absolute atomic E-state index is 12.0. The van der Waals surface area contributed by atoms with Crippen LogP contribution in [0.4, 0.5) is 5.69 Å². The van der Waals surface area contributed by atoms with E-state index in [1.54, 1.807) is 32.0 Å². The predicted octanol–water partition coefficient (Wildman–Crippen LogP) is 2.24. The highest BCUT2D eigenvalue weighted by atomic mass is 32.2. The van der Waals surface area contributed by atoms with Crippen LogP contribution in [0.15, 0.2) is 18.2 Å². The average Bonchev–Trinajstić information content (AvgIpc) is 2.37. The normalized spacial score (nSPS) is 10.4. The molecule has 20 heavy (non-hydrogen) atoms. The number of methoxy groups -OCH3 is 1. The number of nitrogens with two attached hydrogens (primary N) is 1. The predicted molar refractivity (Wildman–Crippen MR) is 79.6 cm³/mol. The van der Waals surface area contributed by atoms with E-state index in [0.717, 1.165) is 5.56 Å². The molecule has 0 atom stereocenters. The zero-order valence-corrected chi connectivity index (χ0v) is 12.7. The molecular weight excluding hydrogens is 278 g/mol. The van der Waals surface area contributed by atoms with Gasteiger partial charge in [0.25, 0.3) is 0 Å². The molecule has 0 fully saturated rings. The van der Waals surface area contributed by atoms with Gasteiger partial charge in [-0.25, -0.2) is 4.79 Å². The topological polar surface area (TPSA) is 78.6 Å². The lowest BCUT2D eigenvalue weighted by atomic mass is 10.1. The zero-order chi connectivity index (χ0) is 15.1. The fourth-order valence-corrected chi connectivity index (χ4v) is 2.41. The first-order chi connectivity index (χ1) is 9.45. The second-order valence-corrected chi connectivity index (χ2v) is 5.39. The molecule has 1 rings (SSSR count). The van der Waals surface area contributed by atoms with Crippen LogP contribution in [0.2, 0.25) is 0 Å². The van der Waals surface area contributed by atoms with Gasteiger partial charge in [-0.3, -0.25) is 4.79 Å². The van der Waals surface area contributed by atoms with Crippen LogP contribution in [0, 0.1) is 0 Å². The Morgan fingerprint density at radius 2 is 2.05 bits per heavy atom. The minimum Gasteiger partial charge on any atom is -0.468 e. The third-order valence-electron chi connectivity index (χ3n) is 2.43. The molecule has 0 saturated carbocycles. The Hall–Kier alpha value is -1.69. The number of ether oxygens (including phenoxy) is 2. The van der Waals surface area contributed by atoms with Crippen molar-refractivity contribution in [2.75, 3.05) is 18.6 Å². The Bertz CT molecular complexity index is 488. The van der Waals surface area contributed by atoms with Crippen molar-refractivity contribution in [1.29, 1.82) is 0 Å². The molecule has 0 spiro atoms.